The molecule has 1 saturated heterocycles. The lowest BCUT2D eigenvalue weighted by molar-refractivity contribution is 0.0950. The summed E-state index contributed by atoms with van der Waals surface area (Å²) in [6, 6.07) is 14.9. The van der Waals surface area contributed by atoms with Gasteiger partial charge in [0.2, 0.25) is 11.8 Å². The Morgan fingerprint density at radius 1 is 1.22 bits per heavy atom. The third-order valence-corrected chi connectivity index (χ3v) is 7.31. The lowest BCUT2D eigenvalue weighted by Crippen LogP contribution is -2.38. The predicted molar refractivity (Wildman–Crippen MR) is 147 cm³/mol. The highest BCUT2D eigenvalue weighted by molar-refractivity contribution is 7.13. The van der Waals surface area contributed by atoms with Gasteiger partial charge >= 0.3 is 0 Å². The van der Waals surface area contributed by atoms with E-state index in [9.17, 15) is 4.79 Å². The van der Waals surface area contributed by atoms with Gasteiger partial charge in [-0.2, -0.15) is 0 Å². The zero-order valence-electron chi connectivity index (χ0n) is 20.3. The third kappa shape index (κ3) is 6.25. The van der Waals surface area contributed by atoms with Crippen molar-refractivity contribution in [2.75, 3.05) is 18.4 Å². The van der Waals surface area contributed by atoms with E-state index in [0.29, 0.717) is 40.8 Å². The van der Waals surface area contributed by atoms with Crippen molar-refractivity contribution in [1.29, 1.82) is 0 Å². The Balaban J connectivity index is 1.31. The van der Waals surface area contributed by atoms with E-state index in [1.807, 2.05) is 37.3 Å². The van der Waals surface area contributed by atoms with Crippen LogP contribution in [0.1, 0.15) is 34.3 Å². The molecule has 8 nitrogen and oxygen atoms in total. The molecule has 0 spiro atoms. The first-order valence-corrected chi connectivity index (χ1v) is 13.4. The molecule has 2 aromatic heterocycles. The molecule has 1 fully saturated rings. The minimum absolute atomic E-state index is 0.216. The van der Waals surface area contributed by atoms with Gasteiger partial charge in [-0.3, -0.25) is 4.79 Å². The van der Waals surface area contributed by atoms with Gasteiger partial charge in [0.15, 0.2) is 0 Å². The third-order valence-electron chi connectivity index (χ3n) is 6.11. The maximum atomic E-state index is 12.8. The van der Waals surface area contributed by atoms with Gasteiger partial charge in [-0.1, -0.05) is 35.9 Å². The summed E-state index contributed by atoms with van der Waals surface area (Å²) in [6.07, 6.45) is 3.94. The summed E-state index contributed by atoms with van der Waals surface area (Å²) in [5.74, 6) is 1.36. The maximum Gasteiger partial charge on any atom is 0.251 e. The summed E-state index contributed by atoms with van der Waals surface area (Å²) in [5.41, 5.74) is 4.67. The molecule has 37 heavy (non-hydrogen) atoms. The van der Waals surface area contributed by atoms with E-state index >= 15 is 0 Å². The largest absolute Gasteiger partial charge is 0.437 e. The second kappa shape index (κ2) is 11.7. The highest BCUT2D eigenvalue weighted by atomic mass is 35.5. The molecule has 10 heteroatoms. The topological polar surface area (TPSA) is 101 Å². The Labute approximate surface area is 224 Å². The lowest BCUT2D eigenvalue weighted by Gasteiger charge is -2.23. The van der Waals surface area contributed by atoms with Crippen LogP contribution in [-0.4, -0.2) is 40.0 Å². The zero-order valence-corrected chi connectivity index (χ0v) is 21.9. The quantitative estimate of drug-likeness (QED) is 0.276. The Morgan fingerprint density at radius 3 is 2.95 bits per heavy atom. The van der Waals surface area contributed by atoms with E-state index in [1.54, 1.807) is 29.9 Å². The number of carbonyl (C=O) groups is 1. The van der Waals surface area contributed by atoms with Crippen molar-refractivity contribution in [3.8, 4) is 22.2 Å². The van der Waals surface area contributed by atoms with Crippen LogP contribution >= 0.6 is 22.9 Å². The molecule has 1 atom stereocenters. The summed E-state index contributed by atoms with van der Waals surface area (Å²) in [7, 11) is 0. The molecule has 1 aliphatic heterocycles. The number of aromatic nitrogens is 3. The van der Waals surface area contributed by atoms with E-state index in [2.05, 4.69) is 25.9 Å². The number of benzene rings is 2. The molecule has 5 rings (SSSR count). The number of amides is 1. The number of aryl methyl sites for hydroxylation is 1. The van der Waals surface area contributed by atoms with Crippen molar-refractivity contribution in [3.63, 3.8) is 0 Å². The standard InChI is InChI=1S/C27H27ClN6O2S/c1-17-8-9-18(25(35)31-14-19-5-2-3-7-21(19)28)13-23(17)36-26-24(37-16-32-26)22-10-12-30-27(34-22)33-20-6-4-11-29-15-20/h2-3,5,7-10,12-13,16,20,29H,4,6,11,14-15H2,1H3,(H,31,35)(H,30,33,34)/t20-/m0/s1. The Morgan fingerprint density at radius 2 is 2.11 bits per heavy atom. The van der Waals surface area contributed by atoms with Gasteiger partial charge in [-0.05, 0) is 61.7 Å². The summed E-state index contributed by atoms with van der Waals surface area (Å²) in [4.78, 5) is 27.1. The predicted octanol–water partition coefficient (Wildman–Crippen LogP) is 5.45. The molecule has 3 heterocycles. The molecule has 0 aliphatic carbocycles. The number of hydrogen-bond acceptors (Lipinski definition) is 8. The van der Waals surface area contributed by atoms with Gasteiger partial charge in [0.25, 0.3) is 5.91 Å². The second-order valence-electron chi connectivity index (χ2n) is 8.80. The molecular formula is C27H27ClN6O2S. The molecule has 1 amide bonds. The van der Waals surface area contributed by atoms with Crippen molar-refractivity contribution in [3.05, 3.63) is 82.0 Å². The fraction of sp³-hybridized carbons (Fsp3) is 0.259. The molecule has 0 unspecified atom stereocenters. The van der Waals surface area contributed by atoms with Gasteiger partial charge in [0.1, 0.15) is 10.6 Å². The molecule has 0 bridgehead atoms. The summed E-state index contributed by atoms with van der Waals surface area (Å²) < 4.78 is 6.20. The molecule has 190 valence electrons. The van der Waals surface area contributed by atoms with Gasteiger partial charge in [0.05, 0.1) is 11.2 Å². The Kier molecular flexibility index (Phi) is 7.93. The summed E-state index contributed by atoms with van der Waals surface area (Å²) >= 11 is 7.65. The van der Waals surface area contributed by atoms with Crippen LogP contribution in [0.3, 0.4) is 0 Å². The van der Waals surface area contributed by atoms with E-state index in [4.69, 9.17) is 21.3 Å². The van der Waals surface area contributed by atoms with E-state index in [0.717, 1.165) is 47.6 Å². The Bertz CT molecular complexity index is 1390. The van der Waals surface area contributed by atoms with E-state index < -0.39 is 0 Å². The van der Waals surface area contributed by atoms with Crippen molar-refractivity contribution in [2.45, 2.75) is 32.4 Å². The van der Waals surface area contributed by atoms with Gasteiger partial charge < -0.3 is 20.7 Å². The number of hydrogen-bond donors (Lipinski definition) is 3. The van der Waals surface area contributed by atoms with Crippen molar-refractivity contribution < 1.29 is 9.53 Å². The van der Waals surface area contributed by atoms with Gasteiger partial charge in [0, 0.05) is 35.9 Å². The second-order valence-corrected chi connectivity index (χ2v) is 10.1. The number of piperidine rings is 1. The first kappa shape index (κ1) is 25.1. The number of halogens is 1. The monoisotopic (exact) mass is 534 g/mol. The first-order chi connectivity index (χ1) is 18.1. The average molecular weight is 535 g/mol. The van der Waals surface area contributed by atoms with Crippen molar-refractivity contribution in [1.82, 2.24) is 25.6 Å². The number of anilines is 1. The Hall–Kier alpha value is -3.53. The van der Waals surface area contributed by atoms with Crippen LogP contribution in [0, 0.1) is 6.92 Å². The molecular weight excluding hydrogens is 508 g/mol. The smallest absolute Gasteiger partial charge is 0.251 e. The summed E-state index contributed by atoms with van der Waals surface area (Å²) in [5, 5.41) is 10.3. The maximum absolute atomic E-state index is 12.8. The van der Waals surface area contributed by atoms with Crippen LogP contribution in [0.4, 0.5) is 5.95 Å². The molecule has 1 aliphatic rings. The molecule has 4 aromatic rings. The molecule has 0 radical (unpaired) electrons. The van der Waals surface area contributed by atoms with Gasteiger partial charge in [-0.25, -0.2) is 15.0 Å². The molecule has 2 aromatic carbocycles. The zero-order chi connectivity index (χ0) is 25.6. The number of carbonyl (C=O) groups excluding carboxylic acids is 1. The number of thiazole rings is 1. The van der Waals surface area contributed by atoms with Crippen molar-refractivity contribution >= 4 is 34.8 Å². The fourth-order valence-corrected chi connectivity index (χ4v) is 4.95. The van der Waals surface area contributed by atoms with Crippen LogP contribution < -0.4 is 20.7 Å². The normalized spacial score (nSPS) is 15.2. The number of rotatable bonds is 8. The first-order valence-electron chi connectivity index (χ1n) is 12.1. The number of nitrogens with one attached hydrogen (secondary N) is 3. The number of ether oxygens (including phenoxy) is 1. The van der Waals surface area contributed by atoms with Crippen LogP contribution in [0.2, 0.25) is 5.02 Å². The van der Waals surface area contributed by atoms with Crippen LogP contribution in [0.5, 0.6) is 11.6 Å². The van der Waals surface area contributed by atoms with E-state index in [-0.39, 0.29) is 5.91 Å². The van der Waals surface area contributed by atoms with Crippen LogP contribution in [0.15, 0.2) is 60.2 Å². The van der Waals surface area contributed by atoms with Crippen molar-refractivity contribution in [2.24, 2.45) is 0 Å². The highest BCUT2D eigenvalue weighted by Gasteiger charge is 2.18. The van der Waals surface area contributed by atoms with Crippen LogP contribution in [-0.2, 0) is 6.54 Å². The van der Waals surface area contributed by atoms with Crippen LogP contribution in [0.25, 0.3) is 10.6 Å². The average Bonchev–Trinajstić information content (AvgIpc) is 3.38. The highest BCUT2D eigenvalue weighted by Crippen LogP contribution is 2.36. The number of nitrogens with zero attached hydrogens (tertiary/aromatic N) is 3. The molecule has 0 saturated carbocycles. The lowest BCUT2D eigenvalue weighted by atomic mass is 10.1. The van der Waals surface area contributed by atoms with E-state index in [1.165, 1.54) is 11.3 Å². The minimum atomic E-state index is -0.216. The SMILES string of the molecule is Cc1ccc(C(=O)NCc2ccccc2Cl)cc1Oc1ncsc1-c1ccnc(N[C@H]2CCCNC2)n1. The molecule has 3 N–H and O–H groups in total. The minimum Gasteiger partial charge on any atom is -0.437 e. The summed E-state index contributed by atoms with van der Waals surface area (Å²) in [6.45, 7) is 4.20. The fourth-order valence-electron chi connectivity index (χ4n) is 4.07. The van der Waals surface area contributed by atoms with Gasteiger partial charge in [-0.15, -0.1) is 11.3 Å².